The molecule has 1 aliphatic heterocycles. The Hall–Kier alpha value is -3.41. The summed E-state index contributed by atoms with van der Waals surface area (Å²) in [6.45, 7) is 2.12. The molecule has 1 heterocycles. The van der Waals surface area contributed by atoms with Crippen molar-refractivity contribution in [1.82, 2.24) is 0 Å². The molecule has 33 heavy (non-hydrogen) atoms. The minimum absolute atomic E-state index is 0.00413. The summed E-state index contributed by atoms with van der Waals surface area (Å²) in [4.78, 5) is 38.2. The molecule has 12 heteroatoms. The number of hydrogen-bond donors (Lipinski definition) is 1. The number of hydrogen-bond acceptors (Lipinski definition) is 6. The molecule has 2 aromatic carbocycles. The minimum atomic E-state index is -4.65. The lowest BCUT2D eigenvalue weighted by molar-refractivity contribution is -0.137. The van der Waals surface area contributed by atoms with Crippen molar-refractivity contribution in [1.29, 1.82) is 0 Å². The summed E-state index contributed by atoms with van der Waals surface area (Å²) >= 11 is 0. The zero-order chi connectivity index (χ0) is 24.6. The first-order chi connectivity index (χ1) is 15.3. The van der Waals surface area contributed by atoms with E-state index in [2.05, 4.69) is 5.32 Å². The fourth-order valence-electron chi connectivity index (χ4n) is 3.22. The summed E-state index contributed by atoms with van der Waals surface area (Å²) in [7, 11) is -3.75. The third-order valence-electron chi connectivity index (χ3n) is 4.91. The van der Waals surface area contributed by atoms with Crippen molar-refractivity contribution >= 4 is 39.0 Å². The van der Waals surface area contributed by atoms with Crippen LogP contribution in [0.4, 0.5) is 24.5 Å². The SMILES string of the molecule is CCS(=O)(=O)c1ccccc1C(=O)OC(C)C(=O)N1CC(=O)Nc2cc(C(F)(F)F)ccc21. The van der Waals surface area contributed by atoms with E-state index in [0.29, 0.717) is 6.07 Å². The van der Waals surface area contributed by atoms with Gasteiger partial charge in [-0.3, -0.25) is 14.5 Å². The third kappa shape index (κ3) is 5.00. The first-order valence-electron chi connectivity index (χ1n) is 9.70. The third-order valence-corrected chi connectivity index (χ3v) is 6.70. The van der Waals surface area contributed by atoms with Crippen LogP contribution in [0.3, 0.4) is 0 Å². The second-order valence-electron chi connectivity index (χ2n) is 7.15. The average Bonchev–Trinajstić information content (AvgIpc) is 2.76. The van der Waals surface area contributed by atoms with E-state index < -0.39 is 52.0 Å². The van der Waals surface area contributed by atoms with Gasteiger partial charge in [-0.25, -0.2) is 13.2 Å². The van der Waals surface area contributed by atoms with Crippen LogP contribution in [-0.4, -0.2) is 44.6 Å². The summed E-state index contributed by atoms with van der Waals surface area (Å²) in [6.07, 6.45) is -6.11. The lowest BCUT2D eigenvalue weighted by Crippen LogP contribution is -2.47. The van der Waals surface area contributed by atoms with Crippen LogP contribution < -0.4 is 10.2 Å². The number of nitrogens with one attached hydrogen (secondary N) is 1. The number of sulfone groups is 1. The minimum Gasteiger partial charge on any atom is -0.449 e. The van der Waals surface area contributed by atoms with E-state index in [4.69, 9.17) is 4.74 Å². The number of esters is 1. The molecule has 0 fully saturated rings. The number of alkyl halides is 3. The first kappa shape index (κ1) is 24.2. The Morgan fingerprint density at radius 3 is 2.48 bits per heavy atom. The van der Waals surface area contributed by atoms with Crippen molar-refractivity contribution in [3.8, 4) is 0 Å². The van der Waals surface area contributed by atoms with Crippen LogP contribution in [0.15, 0.2) is 47.4 Å². The maximum Gasteiger partial charge on any atom is 0.416 e. The van der Waals surface area contributed by atoms with Gasteiger partial charge >= 0.3 is 12.1 Å². The maximum atomic E-state index is 13.0. The predicted molar refractivity (Wildman–Crippen MR) is 111 cm³/mol. The molecule has 8 nitrogen and oxygen atoms in total. The van der Waals surface area contributed by atoms with Crippen molar-refractivity contribution in [2.45, 2.75) is 31.0 Å². The summed E-state index contributed by atoms with van der Waals surface area (Å²) < 4.78 is 68.6. The molecular weight excluding hydrogens is 465 g/mol. The molecule has 3 rings (SSSR count). The molecule has 0 spiro atoms. The molecule has 0 saturated heterocycles. The van der Waals surface area contributed by atoms with E-state index in [1.165, 1.54) is 38.1 Å². The standard InChI is InChI=1S/C21H19F3N2O6S/c1-3-33(30,31)17-7-5-4-6-14(17)20(29)32-12(2)19(28)26-11-18(27)25-15-10-13(21(22,23)24)8-9-16(15)26/h4-10,12H,3,11H2,1-2H3,(H,25,27). The topological polar surface area (TPSA) is 110 Å². The number of benzene rings is 2. The summed E-state index contributed by atoms with van der Waals surface area (Å²) in [5, 5.41) is 2.29. The number of halogens is 3. The Morgan fingerprint density at radius 2 is 1.85 bits per heavy atom. The van der Waals surface area contributed by atoms with Crippen molar-refractivity contribution in [3.05, 3.63) is 53.6 Å². The van der Waals surface area contributed by atoms with Crippen molar-refractivity contribution in [2.75, 3.05) is 22.5 Å². The van der Waals surface area contributed by atoms with Gasteiger partial charge in [0.1, 0.15) is 6.54 Å². The number of amides is 2. The Kier molecular flexibility index (Phi) is 6.50. The fourth-order valence-corrected chi connectivity index (χ4v) is 4.30. The zero-order valence-corrected chi connectivity index (χ0v) is 18.3. The van der Waals surface area contributed by atoms with Crippen LogP contribution in [0, 0.1) is 0 Å². The van der Waals surface area contributed by atoms with Crippen LogP contribution in [0.2, 0.25) is 0 Å². The second-order valence-corrected chi connectivity index (χ2v) is 9.40. The second kappa shape index (κ2) is 8.85. The van der Waals surface area contributed by atoms with Gasteiger partial charge in [0.15, 0.2) is 15.9 Å². The van der Waals surface area contributed by atoms with Gasteiger partial charge in [0.2, 0.25) is 5.91 Å². The van der Waals surface area contributed by atoms with E-state index in [-0.39, 0.29) is 27.6 Å². The molecule has 0 saturated carbocycles. The van der Waals surface area contributed by atoms with Gasteiger partial charge in [-0.05, 0) is 37.3 Å². The monoisotopic (exact) mass is 484 g/mol. The fraction of sp³-hybridized carbons (Fsp3) is 0.286. The van der Waals surface area contributed by atoms with Crippen LogP contribution >= 0.6 is 0 Å². The lowest BCUT2D eigenvalue weighted by atomic mass is 10.1. The number of fused-ring (bicyclic) bond motifs is 1. The highest BCUT2D eigenvalue weighted by Crippen LogP contribution is 2.37. The molecule has 0 radical (unpaired) electrons. The molecule has 2 amide bonds. The molecule has 0 bridgehead atoms. The summed E-state index contributed by atoms with van der Waals surface area (Å²) in [5.41, 5.74) is -1.48. The molecule has 0 aliphatic carbocycles. The van der Waals surface area contributed by atoms with E-state index in [1.54, 1.807) is 0 Å². The molecular formula is C21H19F3N2O6S. The Morgan fingerprint density at radius 1 is 1.18 bits per heavy atom. The summed E-state index contributed by atoms with van der Waals surface area (Å²) in [6, 6.07) is 7.85. The van der Waals surface area contributed by atoms with Crippen LogP contribution in [-0.2, 0) is 30.3 Å². The highest BCUT2D eigenvalue weighted by Gasteiger charge is 2.36. The van der Waals surface area contributed by atoms with Gasteiger partial charge in [-0.2, -0.15) is 13.2 Å². The largest absolute Gasteiger partial charge is 0.449 e. The van der Waals surface area contributed by atoms with Crippen molar-refractivity contribution < 1.29 is 40.7 Å². The molecule has 0 aromatic heterocycles. The molecule has 1 aliphatic rings. The molecule has 2 aromatic rings. The highest BCUT2D eigenvalue weighted by molar-refractivity contribution is 7.91. The van der Waals surface area contributed by atoms with Gasteiger partial charge in [-0.1, -0.05) is 19.1 Å². The van der Waals surface area contributed by atoms with E-state index in [9.17, 15) is 36.0 Å². The number of rotatable bonds is 5. The van der Waals surface area contributed by atoms with Crippen LogP contribution in [0.25, 0.3) is 0 Å². The van der Waals surface area contributed by atoms with E-state index in [1.807, 2.05) is 0 Å². The average molecular weight is 484 g/mol. The number of carbonyl (C=O) groups is 3. The van der Waals surface area contributed by atoms with Gasteiger partial charge in [0.05, 0.1) is 33.2 Å². The number of anilines is 2. The van der Waals surface area contributed by atoms with E-state index in [0.717, 1.165) is 17.0 Å². The first-order valence-corrected chi connectivity index (χ1v) is 11.4. The molecule has 176 valence electrons. The quantitative estimate of drug-likeness (QED) is 0.654. The van der Waals surface area contributed by atoms with Gasteiger partial charge < -0.3 is 10.1 Å². The highest BCUT2D eigenvalue weighted by atomic mass is 32.2. The van der Waals surface area contributed by atoms with Gasteiger partial charge in [-0.15, -0.1) is 0 Å². The zero-order valence-electron chi connectivity index (χ0n) is 17.5. The lowest BCUT2D eigenvalue weighted by Gasteiger charge is -2.31. The predicted octanol–water partition coefficient (Wildman–Crippen LogP) is 3.03. The Balaban J connectivity index is 1.86. The molecule has 1 N–H and O–H groups in total. The summed E-state index contributed by atoms with van der Waals surface area (Å²) in [5.74, 6) is -2.92. The maximum absolute atomic E-state index is 13.0. The molecule has 1 atom stereocenters. The van der Waals surface area contributed by atoms with Crippen LogP contribution in [0.1, 0.15) is 29.8 Å². The van der Waals surface area contributed by atoms with Crippen molar-refractivity contribution in [3.63, 3.8) is 0 Å². The number of nitrogens with zero attached hydrogens (tertiary/aromatic N) is 1. The van der Waals surface area contributed by atoms with Crippen LogP contribution in [0.5, 0.6) is 0 Å². The number of carbonyl (C=O) groups excluding carboxylic acids is 3. The number of ether oxygens (including phenoxy) is 1. The van der Waals surface area contributed by atoms with E-state index >= 15 is 0 Å². The van der Waals surface area contributed by atoms with Gasteiger partial charge in [0.25, 0.3) is 5.91 Å². The molecule has 1 unspecified atom stereocenters. The normalized spacial score (nSPS) is 14.8. The Labute approximate surface area is 187 Å². The smallest absolute Gasteiger partial charge is 0.416 e. The Bertz CT molecular complexity index is 1230. The van der Waals surface area contributed by atoms with Gasteiger partial charge in [0, 0.05) is 0 Å². The van der Waals surface area contributed by atoms with Crippen molar-refractivity contribution in [2.24, 2.45) is 0 Å².